The van der Waals surface area contributed by atoms with Gasteiger partial charge in [0, 0.05) is 38.8 Å². The molecule has 7 nitrogen and oxygen atoms in total. The highest BCUT2D eigenvalue weighted by Gasteiger charge is 2.22. The Morgan fingerprint density at radius 1 is 1.15 bits per heavy atom. The van der Waals surface area contributed by atoms with Gasteiger partial charge in [-0.1, -0.05) is 33.1 Å². The van der Waals surface area contributed by atoms with Crippen LogP contribution >= 0.6 is 0 Å². The molecule has 1 aliphatic heterocycles. The van der Waals surface area contributed by atoms with E-state index in [0.29, 0.717) is 24.0 Å². The first kappa shape index (κ1) is 22.0. The van der Waals surface area contributed by atoms with Crippen molar-refractivity contribution in [2.75, 3.05) is 46.4 Å². The number of ether oxygens (including phenoxy) is 1. The fraction of sp³-hybridized carbons (Fsp3) is 0.900. The molecule has 2 aliphatic rings. The molecule has 1 atom stereocenters. The third-order valence-corrected chi connectivity index (χ3v) is 5.42. The molecule has 3 N–H and O–H groups in total. The molecule has 0 aromatic heterocycles. The Morgan fingerprint density at radius 3 is 2.48 bits per heavy atom. The van der Waals surface area contributed by atoms with Crippen molar-refractivity contribution in [3.05, 3.63) is 0 Å². The first-order chi connectivity index (χ1) is 13.1. The second-order valence-electron chi connectivity index (χ2n) is 8.14. The number of amides is 1. The van der Waals surface area contributed by atoms with E-state index in [1.807, 2.05) is 0 Å². The molecule has 1 saturated carbocycles. The quantitative estimate of drug-likeness (QED) is 0.437. The van der Waals surface area contributed by atoms with Gasteiger partial charge in [-0.3, -0.25) is 14.7 Å². The number of carbonyl (C=O) groups excluding carboxylic acids is 1. The van der Waals surface area contributed by atoms with Gasteiger partial charge in [-0.2, -0.15) is 0 Å². The summed E-state index contributed by atoms with van der Waals surface area (Å²) in [6, 6.07) is 0.795. The lowest BCUT2D eigenvalue weighted by Gasteiger charge is -2.35. The van der Waals surface area contributed by atoms with E-state index in [0.717, 1.165) is 52.1 Å². The fourth-order valence-corrected chi connectivity index (χ4v) is 3.97. The van der Waals surface area contributed by atoms with Crippen LogP contribution in [-0.2, 0) is 9.53 Å². The Labute approximate surface area is 164 Å². The normalized spacial score (nSPS) is 21.1. The average Bonchev–Trinajstić information content (AvgIpc) is 2.68. The lowest BCUT2D eigenvalue weighted by molar-refractivity contribution is -0.120. The number of rotatable bonds is 8. The minimum absolute atomic E-state index is 0.0526. The Hall–Kier alpha value is -1.34. The molecule has 1 saturated heterocycles. The summed E-state index contributed by atoms with van der Waals surface area (Å²) in [5, 5.41) is 9.70. The van der Waals surface area contributed by atoms with Gasteiger partial charge in [0.2, 0.25) is 5.91 Å². The highest BCUT2D eigenvalue weighted by atomic mass is 16.5. The Kier molecular flexibility index (Phi) is 9.91. The standard InChI is InChI=1S/C20H39N5O2/c1-16(2)13-18(25-9-11-27-12-10-25)14-22-20(21-3)23-15-19(26)24-17-7-5-4-6-8-17/h16-18H,4-15H2,1-3H3,(H,24,26)(H2,21,22,23). The molecular formula is C20H39N5O2. The van der Waals surface area contributed by atoms with Crippen molar-refractivity contribution in [3.8, 4) is 0 Å². The first-order valence-electron chi connectivity index (χ1n) is 10.6. The molecule has 1 aliphatic carbocycles. The lowest BCUT2D eigenvalue weighted by atomic mass is 9.95. The topological polar surface area (TPSA) is 78.0 Å². The van der Waals surface area contributed by atoms with Gasteiger partial charge in [0.05, 0.1) is 19.8 Å². The molecular weight excluding hydrogens is 342 g/mol. The zero-order chi connectivity index (χ0) is 19.5. The minimum atomic E-state index is 0.0526. The van der Waals surface area contributed by atoms with Crippen LogP contribution in [0.15, 0.2) is 4.99 Å². The summed E-state index contributed by atoms with van der Waals surface area (Å²) in [6.45, 7) is 9.19. The number of guanidine groups is 1. The van der Waals surface area contributed by atoms with Crippen LogP contribution in [0.4, 0.5) is 0 Å². The minimum Gasteiger partial charge on any atom is -0.379 e. The van der Waals surface area contributed by atoms with E-state index in [1.165, 1.54) is 19.3 Å². The summed E-state index contributed by atoms with van der Waals surface area (Å²) in [5.41, 5.74) is 0. The van der Waals surface area contributed by atoms with Crippen LogP contribution in [0.5, 0.6) is 0 Å². The van der Waals surface area contributed by atoms with Crippen molar-refractivity contribution in [2.45, 2.75) is 64.5 Å². The van der Waals surface area contributed by atoms with Crippen molar-refractivity contribution in [1.82, 2.24) is 20.9 Å². The third-order valence-electron chi connectivity index (χ3n) is 5.42. The van der Waals surface area contributed by atoms with Crippen molar-refractivity contribution >= 4 is 11.9 Å². The summed E-state index contributed by atoms with van der Waals surface area (Å²) < 4.78 is 5.49. The van der Waals surface area contributed by atoms with E-state index in [-0.39, 0.29) is 12.5 Å². The van der Waals surface area contributed by atoms with E-state index in [9.17, 15) is 4.79 Å². The maximum atomic E-state index is 12.2. The monoisotopic (exact) mass is 381 g/mol. The molecule has 1 heterocycles. The number of nitrogens with zero attached hydrogens (tertiary/aromatic N) is 2. The van der Waals surface area contributed by atoms with Gasteiger partial charge >= 0.3 is 0 Å². The van der Waals surface area contributed by atoms with Crippen molar-refractivity contribution in [3.63, 3.8) is 0 Å². The molecule has 7 heteroatoms. The molecule has 0 aromatic carbocycles. The van der Waals surface area contributed by atoms with Gasteiger partial charge < -0.3 is 20.7 Å². The largest absolute Gasteiger partial charge is 0.379 e. The Balaban J connectivity index is 1.73. The zero-order valence-corrected chi connectivity index (χ0v) is 17.4. The SMILES string of the molecule is CN=C(NCC(=O)NC1CCCCC1)NCC(CC(C)C)N1CCOCC1. The molecule has 27 heavy (non-hydrogen) atoms. The van der Waals surface area contributed by atoms with Gasteiger partial charge in [0.15, 0.2) is 5.96 Å². The zero-order valence-electron chi connectivity index (χ0n) is 17.4. The Morgan fingerprint density at radius 2 is 1.85 bits per heavy atom. The third kappa shape index (κ3) is 8.47. The van der Waals surface area contributed by atoms with Gasteiger partial charge in [-0.25, -0.2) is 0 Å². The summed E-state index contributed by atoms with van der Waals surface area (Å²) in [7, 11) is 1.75. The van der Waals surface area contributed by atoms with Crippen LogP contribution in [0, 0.1) is 5.92 Å². The van der Waals surface area contributed by atoms with Crippen LogP contribution < -0.4 is 16.0 Å². The maximum Gasteiger partial charge on any atom is 0.239 e. The highest BCUT2D eigenvalue weighted by Crippen LogP contribution is 2.17. The molecule has 0 bridgehead atoms. The number of hydrogen-bond acceptors (Lipinski definition) is 4. The molecule has 2 rings (SSSR count). The lowest BCUT2D eigenvalue weighted by Crippen LogP contribution is -2.52. The van der Waals surface area contributed by atoms with Crippen LogP contribution in [0.2, 0.25) is 0 Å². The highest BCUT2D eigenvalue weighted by molar-refractivity contribution is 5.86. The number of nitrogens with one attached hydrogen (secondary N) is 3. The molecule has 156 valence electrons. The predicted octanol–water partition coefficient (Wildman–Crippen LogP) is 1.35. The summed E-state index contributed by atoms with van der Waals surface area (Å²) >= 11 is 0. The van der Waals surface area contributed by atoms with Crippen LogP contribution in [0.3, 0.4) is 0 Å². The van der Waals surface area contributed by atoms with Crippen molar-refractivity contribution < 1.29 is 9.53 Å². The van der Waals surface area contributed by atoms with E-state index in [1.54, 1.807) is 7.05 Å². The van der Waals surface area contributed by atoms with E-state index in [4.69, 9.17) is 4.74 Å². The number of carbonyl (C=O) groups is 1. The Bertz CT molecular complexity index is 457. The number of hydrogen-bond donors (Lipinski definition) is 3. The second-order valence-corrected chi connectivity index (χ2v) is 8.14. The van der Waals surface area contributed by atoms with Crippen molar-refractivity contribution in [2.24, 2.45) is 10.9 Å². The van der Waals surface area contributed by atoms with E-state index >= 15 is 0 Å². The van der Waals surface area contributed by atoms with Crippen molar-refractivity contribution in [1.29, 1.82) is 0 Å². The molecule has 1 unspecified atom stereocenters. The fourth-order valence-electron chi connectivity index (χ4n) is 3.97. The average molecular weight is 382 g/mol. The van der Waals surface area contributed by atoms with E-state index < -0.39 is 0 Å². The van der Waals surface area contributed by atoms with Gasteiger partial charge in [0.1, 0.15) is 0 Å². The maximum absolute atomic E-state index is 12.2. The molecule has 0 radical (unpaired) electrons. The van der Waals surface area contributed by atoms with Crippen LogP contribution in [0.25, 0.3) is 0 Å². The molecule has 0 spiro atoms. The van der Waals surface area contributed by atoms with Gasteiger partial charge in [-0.05, 0) is 25.2 Å². The summed E-state index contributed by atoms with van der Waals surface area (Å²) in [6.07, 6.45) is 7.08. The summed E-state index contributed by atoms with van der Waals surface area (Å²) in [5.74, 6) is 1.38. The molecule has 0 aromatic rings. The van der Waals surface area contributed by atoms with Crippen LogP contribution in [0.1, 0.15) is 52.4 Å². The molecule has 2 fully saturated rings. The second kappa shape index (κ2) is 12.2. The number of aliphatic imine (C=N–C) groups is 1. The predicted molar refractivity (Wildman–Crippen MR) is 110 cm³/mol. The first-order valence-corrected chi connectivity index (χ1v) is 10.6. The van der Waals surface area contributed by atoms with Crippen LogP contribution in [-0.4, -0.2) is 75.3 Å². The smallest absolute Gasteiger partial charge is 0.239 e. The number of morpholine rings is 1. The summed E-state index contributed by atoms with van der Waals surface area (Å²) in [4.78, 5) is 19.0. The molecule has 1 amide bonds. The van der Waals surface area contributed by atoms with E-state index in [2.05, 4.69) is 39.7 Å². The van der Waals surface area contributed by atoms with Gasteiger partial charge in [0.25, 0.3) is 0 Å². The van der Waals surface area contributed by atoms with Gasteiger partial charge in [-0.15, -0.1) is 0 Å².